The first-order valence-electron chi connectivity index (χ1n) is 9.32. The number of H-pyrrole nitrogens is 1. The van der Waals surface area contributed by atoms with E-state index in [0.29, 0.717) is 45.0 Å². The number of halogens is 1. The predicted octanol–water partition coefficient (Wildman–Crippen LogP) is 4.77. The number of aryl methyl sites for hydroxylation is 1. The molecule has 7 nitrogen and oxygen atoms in total. The van der Waals surface area contributed by atoms with E-state index in [1.165, 1.54) is 13.2 Å². The van der Waals surface area contributed by atoms with E-state index in [1.54, 1.807) is 32.9 Å². The fourth-order valence-corrected chi connectivity index (χ4v) is 3.62. The third-order valence-corrected chi connectivity index (χ3v) is 4.95. The average Bonchev–Trinajstić information content (AvgIpc) is 3.01. The topological polar surface area (TPSA) is 101 Å². The molecule has 0 radical (unpaired) electrons. The highest BCUT2D eigenvalue weighted by Gasteiger charge is 2.25. The van der Waals surface area contributed by atoms with Crippen LogP contribution in [0.15, 0.2) is 22.2 Å². The maximum atomic E-state index is 13.0. The first-order chi connectivity index (χ1) is 14.3. The van der Waals surface area contributed by atoms with Crippen LogP contribution < -0.4 is 9.47 Å². The van der Waals surface area contributed by atoms with Gasteiger partial charge in [-0.25, -0.2) is 4.79 Å². The number of aromatic amines is 1. The molecule has 0 aliphatic carbocycles. The number of rotatable bonds is 8. The van der Waals surface area contributed by atoms with Crippen LogP contribution in [0, 0.1) is 25.2 Å². The first kappa shape index (κ1) is 23.2. The molecule has 0 aliphatic heterocycles. The van der Waals surface area contributed by atoms with Crippen LogP contribution in [0.5, 0.6) is 11.5 Å². The number of benzene rings is 1. The molecule has 0 saturated carbocycles. The second-order valence-electron chi connectivity index (χ2n) is 6.31. The summed E-state index contributed by atoms with van der Waals surface area (Å²) in [5, 5.41) is 9.60. The molecule has 8 heteroatoms. The van der Waals surface area contributed by atoms with E-state index in [2.05, 4.69) is 20.9 Å². The Morgan fingerprint density at radius 1 is 1.23 bits per heavy atom. The Hall–Kier alpha value is -3.05. The third-order valence-electron chi connectivity index (χ3n) is 4.36. The first-order valence-corrected chi connectivity index (χ1v) is 10.1. The summed E-state index contributed by atoms with van der Waals surface area (Å²) in [7, 11) is 1.51. The molecule has 0 fully saturated rings. The lowest BCUT2D eigenvalue weighted by Crippen LogP contribution is -2.08. The molecule has 30 heavy (non-hydrogen) atoms. The van der Waals surface area contributed by atoms with Crippen molar-refractivity contribution in [3.05, 3.63) is 50.3 Å². The van der Waals surface area contributed by atoms with Gasteiger partial charge >= 0.3 is 5.97 Å². The largest absolute Gasteiger partial charge is 0.493 e. The highest BCUT2D eigenvalue weighted by Crippen LogP contribution is 2.37. The zero-order valence-electron chi connectivity index (χ0n) is 17.5. The van der Waals surface area contributed by atoms with E-state index in [9.17, 15) is 14.9 Å². The molecule has 1 aromatic carbocycles. The average molecular weight is 475 g/mol. The van der Waals surface area contributed by atoms with Gasteiger partial charge < -0.3 is 19.2 Å². The quantitative estimate of drug-likeness (QED) is 0.256. The van der Waals surface area contributed by atoms with Gasteiger partial charge in [0.05, 0.1) is 36.1 Å². The van der Waals surface area contributed by atoms with Crippen LogP contribution in [0.4, 0.5) is 0 Å². The van der Waals surface area contributed by atoms with Crippen LogP contribution in [-0.2, 0) is 4.74 Å². The second-order valence-corrected chi connectivity index (χ2v) is 7.17. The van der Waals surface area contributed by atoms with Crippen LogP contribution in [0.3, 0.4) is 0 Å². The molecule has 0 bridgehead atoms. The summed E-state index contributed by atoms with van der Waals surface area (Å²) >= 11 is 3.43. The zero-order valence-corrected chi connectivity index (χ0v) is 19.1. The fraction of sp³-hybridized carbons (Fsp3) is 0.318. The van der Waals surface area contributed by atoms with Crippen LogP contribution in [0.2, 0.25) is 0 Å². The minimum Gasteiger partial charge on any atom is -0.493 e. The van der Waals surface area contributed by atoms with Gasteiger partial charge in [0.2, 0.25) is 5.78 Å². The molecule has 2 rings (SSSR count). The number of hydrogen-bond donors (Lipinski definition) is 1. The Labute approximate surface area is 183 Å². The van der Waals surface area contributed by atoms with E-state index in [-0.39, 0.29) is 17.9 Å². The lowest BCUT2D eigenvalue weighted by Gasteiger charge is -2.12. The number of nitrogens with zero attached hydrogens (tertiary/aromatic N) is 1. The molecular weight excluding hydrogens is 452 g/mol. The minimum atomic E-state index is -0.516. The van der Waals surface area contributed by atoms with Crippen molar-refractivity contribution < 1.29 is 23.8 Å². The van der Waals surface area contributed by atoms with Gasteiger partial charge in [0.25, 0.3) is 0 Å². The lowest BCUT2D eigenvalue weighted by molar-refractivity contribution is 0.0525. The summed E-state index contributed by atoms with van der Waals surface area (Å²) in [5.41, 5.74) is 1.94. The second kappa shape index (κ2) is 10.1. The number of methoxy groups -OCH3 is 1. The molecule has 2 aromatic rings. The maximum absolute atomic E-state index is 13.0. The van der Waals surface area contributed by atoms with Crippen LogP contribution >= 0.6 is 15.9 Å². The number of Topliss-reactive ketones (excluding diaryl/α,β-unsaturated/α-hetero) is 1. The van der Waals surface area contributed by atoms with Crippen molar-refractivity contribution in [2.45, 2.75) is 27.7 Å². The molecule has 1 N–H and O–H groups in total. The number of allylic oxidation sites excluding steroid dienone is 1. The number of nitriles is 1. The zero-order chi connectivity index (χ0) is 22.4. The molecule has 0 atom stereocenters. The number of carbonyl (C=O) groups is 2. The number of hydrogen-bond acceptors (Lipinski definition) is 6. The molecule has 158 valence electrons. The van der Waals surface area contributed by atoms with Crippen molar-refractivity contribution in [2.24, 2.45) is 0 Å². The van der Waals surface area contributed by atoms with Gasteiger partial charge in [-0.2, -0.15) is 5.26 Å². The van der Waals surface area contributed by atoms with E-state index in [0.717, 1.165) is 0 Å². The monoisotopic (exact) mass is 474 g/mol. The molecule has 0 saturated heterocycles. The van der Waals surface area contributed by atoms with Gasteiger partial charge in [-0.1, -0.05) is 0 Å². The van der Waals surface area contributed by atoms with Crippen molar-refractivity contribution in [2.75, 3.05) is 20.3 Å². The molecule has 0 unspecified atom stereocenters. The highest BCUT2D eigenvalue weighted by atomic mass is 79.9. The molecular formula is C22H23BrN2O5. The summed E-state index contributed by atoms with van der Waals surface area (Å²) in [5.74, 6) is -0.0151. The van der Waals surface area contributed by atoms with Crippen LogP contribution in [-0.4, -0.2) is 37.1 Å². The van der Waals surface area contributed by atoms with Crippen molar-refractivity contribution in [3.63, 3.8) is 0 Å². The number of esters is 1. The molecule has 0 aliphatic rings. The summed E-state index contributed by atoms with van der Waals surface area (Å²) in [6.07, 6.45) is 1.46. The Morgan fingerprint density at radius 2 is 1.93 bits per heavy atom. The number of carbonyl (C=O) groups excluding carboxylic acids is 2. The van der Waals surface area contributed by atoms with E-state index < -0.39 is 11.8 Å². The van der Waals surface area contributed by atoms with Gasteiger partial charge in [0.15, 0.2) is 11.5 Å². The summed E-state index contributed by atoms with van der Waals surface area (Å²) in [6.45, 7) is 7.58. The van der Waals surface area contributed by atoms with Crippen molar-refractivity contribution >= 4 is 33.8 Å². The smallest absolute Gasteiger partial charge is 0.340 e. The van der Waals surface area contributed by atoms with E-state index in [4.69, 9.17) is 14.2 Å². The predicted molar refractivity (Wildman–Crippen MR) is 116 cm³/mol. The standard InChI is InChI=1S/C22H23BrN2O5/c1-6-29-21-16(23)9-14(10-17(21)28-5)8-15(11-24)20(26)19-12(3)18(13(4)25-19)22(27)30-7-2/h8-10,25H,6-7H2,1-5H3/b15-8+. The highest BCUT2D eigenvalue weighted by molar-refractivity contribution is 9.10. The van der Waals surface area contributed by atoms with Crippen LogP contribution in [0.1, 0.15) is 51.5 Å². The fourth-order valence-electron chi connectivity index (χ4n) is 3.04. The number of aromatic nitrogens is 1. The van der Waals surface area contributed by atoms with Gasteiger partial charge in [-0.15, -0.1) is 0 Å². The Morgan fingerprint density at radius 3 is 2.50 bits per heavy atom. The summed E-state index contributed by atoms with van der Waals surface area (Å²) < 4.78 is 16.6. The molecule has 1 aromatic heterocycles. The van der Waals surface area contributed by atoms with E-state index >= 15 is 0 Å². The Balaban J connectivity index is 2.49. The lowest BCUT2D eigenvalue weighted by atomic mass is 10.0. The molecule has 0 spiro atoms. The van der Waals surface area contributed by atoms with Crippen molar-refractivity contribution in [3.8, 4) is 17.6 Å². The minimum absolute atomic E-state index is 0.0899. The van der Waals surface area contributed by atoms with Gasteiger partial charge in [-0.3, -0.25) is 4.79 Å². The van der Waals surface area contributed by atoms with Gasteiger partial charge in [-0.05, 0) is 73.0 Å². The maximum Gasteiger partial charge on any atom is 0.340 e. The van der Waals surface area contributed by atoms with Gasteiger partial charge in [0.1, 0.15) is 11.6 Å². The van der Waals surface area contributed by atoms with Crippen LogP contribution in [0.25, 0.3) is 6.08 Å². The SMILES string of the molecule is CCOC(=O)c1c(C)[nH]c(C(=O)/C(C#N)=C/c2cc(Br)c(OCC)c(OC)c2)c1C. The summed E-state index contributed by atoms with van der Waals surface area (Å²) in [4.78, 5) is 28.1. The normalized spacial score (nSPS) is 11.0. The summed E-state index contributed by atoms with van der Waals surface area (Å²) in [6, 6.07) is 5.35. The number of ketones is 1. The van der Waals surface area contributed by atoms with E-state index in [1.807, 2.05) is 13.0 Å². The molecule has 0 amide bonds. The van der Waals surface area contributed by atoms with Gasteiger partial charge in [0, 0.05) is 5.69 Å². The van der Waals surface area contributed by atoms with Crippen molar-refractivity contribution in [1.82, 2.24) is 4.98 Å². The van der Waals surface area contributed by atoms with Crippen molar-refractivity contribution in [1.29, 1.82) is 5.26 Å². The number of nitrogens with one attached hydrogen (secondary N) is 1. The third kappa shape index (κ3) is 4.74. The Bertz CT molecular complexity index is 1050. The number of ether oxygens (including phenoxy) is 3. The molecule has 1 heterocycles. The Kier molecular flexibility index (Phi) is 7.84.